The molecule has 0 amide bonds. The fraction of sp³-hybridized carbons (Fsp3) is 0.625. The van der Waals surface area contributed by atoms with E-state index in [0.29, 0.717) is 17.4 Å². The molecule has 3 rings (SSSR count). The molecule has 0 saturated heterocycles. The van der Waals surface area contributed by atoms with E-state index in [2.05, 4.69) is 17.0 Å². The maximum absolute atomic E-state index is 12.4. The molecular weight excluding hydrogens is 284 g/mol. The lowest BCUT2D eigenvalue weighted by Crippen LogP contribution is -2.31. The van der Waals surface area contributed by atoms with Crippen LogP contribution < -0.4 is 10.0 Å². The van der Waals surface area contributed by atoms with Crippen LogP contribution in [-0.2, 0) is 16.4 Å². The van der Waals surface area contributed by atoms with Crippen molar-refractivity contribution in [3.8, 4) is 0 Å². The van der Waals surface area contributed by atoms with Crippen molar-refractivity contribution in [3.05, 3.63) is 23.8 Å². The number of hydrogen-bond donors (Lipinski definition) is 2. The summed E-state index contributed by atoms with van der Waals surface area (Å²) in [4.78, 5) is 0.397. The Morgan fingerprint density at radius 2 is 2.00 bits per heavy atom. The van der Waals surface area contributed by atoms with Crippen molar-refractivity contribution in [1.82, 2.24) is 4.72 Å². The van der Waals surface area contributed by atoms with Crippen LogP contribution in [0.3, 0.4) is 0 Å². The first-order valence-corrected chi connectivity index (χ1v) is 9.39. The molecule has 1 aliphatic carbocycles. The molecule has 1 aliphatic heterocycles. The zero-order valence-electron chi connectivity index (χ0n) is 12.6. The number of sulfonamides is 1. The summed E-state index contributed by atoms with van der Waals surface area (Å²) < 4.78 is 27.6. The first-order valence-electron chi connectivity index (χ1n) is 7.91. The minimum atomic E-state index is -3.37. The average molecular weight is 308 g/mol. The highest BCUT2D eigenvalue weighted by Crippen LogP contribution is 2.28. The second-order valence-electron chi connectivity index (χ2n) is 6.47. The van der Waals surface area contributed by atoms with Crippen LogP contribution in [-0.4, -0.2) is 21.5 Å². The van der Waals surface area contributed by atoms with E-state index in [1.807, 2.05) is 6.07 Å². The van der Waals surface area contributed by atoms with Crippen molar-refractivity contribution in [2.75, 3.05) is 18.4 Å². The van der Waals surface area contributed by atoms with E-state index in [4.69, 9.17) is 0 Å². The number of hydrogen-bond acceptors (Lipinski definition) is 3. The summed E-state index contributed by atoms with van der Waals surface area (Å²) in [7, 11) is -3.37. The molecule has 1 aromatic rings. The van der Waals surface area contributed by atoms with Gasteiger partial charge in [0.25, 0.3) is 0 Å². The predicted molar refractivity (Wildman–Crippen MR) is 84.9 cm³/mol. The van der Waals surface area contributed by atoms with E-state index in [1.165, 1.54) is 12.8 Å². The zero-order chi connectivity index (χ0) is 14.9. The Morgan fingerprint density at radius 1 is 1.24 bits per heavy atom. The minimum Gasteiger partial charge on any atom is -0.384 e. The highest BCUT2D eigenvalue weighted by molar-refractivity contribution is 7.89. The smallest absolute Gasteiger partial charge is 0.240 e. The monoisotopic (exact) mass is 308 g/mol. The first-order chi connectivity index (χ1) is 10.0. The number of anilines is 1. The van der Waals surface area contributed by atoms with Gasteiger partial charge in [-0.15, -0.1) is 0 Å². The molecule has 5 heteroatoms. The Hall–Kier alpha value is -1.07. The van der Waals surface area contributed by atoms with Crippen LogP contribution in [0.25, 0.3) is 0 Å². The van der Waals surface area contributed by atoms with E-state index in [0.717, 1.165) is 43.0 Å². The van der Waals surface area contributed by atoms with Gasteiger partial charge in [-0.3, -0.25) is 0 Å². The van der Waals surface area contributed by atoms with Crippen LogP contribution in [0.4, 0.5) is 5.69 Å². The van der Waals surface area contributed by atoms with Gasteiger partial charge in [0.2, 0.25) is 10.0 Å². The maximum Gasteiger partial charge on any atom is 0.240 e. The van der Waals surface area contributed by atoms with Gasteiger partial charge in [0.05, 0.1) is 4.90 Å². The Labute approximate surface area is 127 Å². The van der Waals surface area contributed by atoms with Crippen molar-refractivity contribution >= 4 is 15.7 Å². The highest BCUT2D eigenvalue weighted by atomic mass is 32.2. The first kappa shape index (κ1) is 14.9. The summed E-state index contributed by atoms with van der Waals surface area (Å²) in [5.41, 5.74) is 2.17. The third-order valence-corrected chi connectivity index (χ3v) is 6.22. The summed E-state index contributed by atoms with van der Waals surface area (Å²) in [6.45, 7) is 3.75. The standard InChI is InChI=1S/C16H24N2O2S/c1-12-2-4-13(5-3-12)11-18-21(19,20)15-6-7-16-14(10-15)8-9-17-16/h6-7,10,12-13,17-18H,2-5,8-9,11H2,1H3. The SMILES string of the molecule is CC1CCC(CNS(=O)(=O)c2ccc3c(c2)CCN3)CC1. The molecule has 1 aromatic carbocycles. The van der Waals surface area contributed by atoms with Gasteiger partial charge in [-0.1, -0.05) is 19.8 Å². The molecular formula is C16H24N2O2S. The average Bonchev–Trinajstić information content (AvgIpc) is 2.94. The lowest BCUT2D eigenvalue weighted by atomic mass is 9.83. The van der Waals surface area contributed by atoms with E-state index in [9.17, 15) is 8.42 Å². The molecule has 4 nitrogen and oxygen atoms in total. The van der Waals surface area contributed by atoms with Crippen LogP contribution in [0.15, 0.2) is 23.1 Å². The minimum absolute atomic E-state index is 0.397. The molecule has 1 saturated carbocycles. The second kappa shape index (κ2) is 5.97. The van der Waals surface area contributed by atoms with E-state index in [1.54, 1.807) is 12.1 Å². The molecule has 2 aliphatic rings. The van der Waals surface area contributed by atoms with E-state index in [-0.39, 0.29) is 0 Å². The predicted octanol–water partition coefficient (Wildman–Crippen LogP) is 2.76. The van der Waals surface area contributed by atoms with Crippen LogP contribution in [0.5, 0.6) is 0 Å². The molecule has 0 unspecified atom stereocenters. The molecule has 21 heavy (non-hydrogen) atoms. The van der Waals surface area contributed by atoms with Crippen molar-refractivity contribution in [3.63, 3.8) is 0 Å². The van der Waals surface area contributed by atoms with Crippen molar-refractivity contribution in [2.45, 2.75) is 43.9 Å². The maximum atomic E-state index is 12.4. The quantitative estimate of drug-likeness (QED) is 0.899. The Balaban J connectivity index is 1.64. The lowest BCUT2D eigenvalue weighted by Gasteiger charge is -2.26. The number of nitrogens with one attached hydrogen (secondary N) is 2. The topological polar surface area (TPSA) is 58.2 Å². The van der Waals surface area contributed by atoms with Crippen LogP contribution in [0, 0.1) is 11.8 Å². The van der Waals surface area contributed by atoms with Crippen LogP contribution in [0.2, 0.25) is 0 Å². The van der Waals surface area contributed by atoms with Crippen molar-refractivity contribution in [2.24, 2.45) is 11.8 Å². The summed E-state index contributed by atoms with van der Waals surface area (Å²) in [6, 6.07) is 5.38. The summed E-state index contributed by atoms with van der Waals surface area (Å²) in [5.74, 6) is 1.29. The van der Waals surface area contributed by atoms with E-state index >= 15 is 0 Å². The molecule has 0 spiro atoms. The van der Waals surface area contributed by atoms with Gasteiger partial charge in [-0.2, -0.15) is 0 Å². The lowest BCUT2D eigenvalue weighted by molar-refractivity contribution is 0.290. The number of rotatable bonds is 4. The van der Waals surface area contributed by atoms with Crippen LogP contribution >= 0.6 is 0 Å². The molecule has 1 fully saturated rings. The van der Waals surface area contributed by atoms with Gasteiger partial charge in [-0.05, 0) is 54.9 Å². The molecule has 0 atom stereocenters. The van der Waals surface area contributed by atoms with Gasteiger partial charge in [0, 0.05) is 18.8 Å². The summed E-state index contributed by atoms with van der Waals surface area (Å²) in [5, 5.41) is 3.25. The number of fused-ring (bicyclic) bond motifs is 1. The Morgan fingerprint density at radius 3 is 2.76 bits per heavy atom. The third kappa shape index (κ3) is 3.40. The Bertz CT molecular complexity index is 605. The van der Waals surface area contributed by atoms with Gasteiger partial charge in [0.15, 0.2) is 0 Å². The second-order valence-corrected chi connectivity index (χ2v) is 8.24. The summed E-state index contributed by atoms with van der Waals surface area (Å²) in [6.07, 6.45) is 5.61. The fourth-order valence-electron chi connectivity index (χ4n) is 3.29. The normalized spacial score (nSPS) is 25.4. The Kier molecular flexibility index (Phi) is 4.22. The third-order valence-electron chi connectivity index (χ3n) is 4.79. The molecule has 116 valence electrons. The summed E-state index contributed by atoms with van der Waals surface area (Å²) >= 11 is 0. The van der Waals surface area contributed by atoms with Crippen molar-refractivity contribution in [1.29, 1.82) is 0 Å². The van der Waals surface area contributed by atoms with Crippen molar-refractivity contribution < 1.29 is 8.42 Å². The fourth-order valence-corrected chi connectivity index (χ4v) is 4.46. The molecule has 0 radical (unpaired) electrons. The van der Waals surface area contributed by atoms with Gasteiger partial charge in [-0.25, -0.2) is 13.1 Å². The van der Waals surface area contributed by atoms with Gasteiger partial charge in [0.1, 0.15) is 0 Å². The largest absolute Gasteiger partial charge is 0.384 e. The highest BCUT2D eigenvalue weighted by Gasteiger charge is 2.22. The van der Waals surface area contributed by atoms with E-state index < -0.39 is 10.0 Å². The van der Waals surface area contributed by atoms with Gasteiger partial charge >= 0.3 is 0 Å². The number of benzene rings is 1. The van der Waals surface area contributed by atoms with Crippen LogP contribution in [0.1, 0.15) is 38.2 Å². The molecule has 0 aromatic heterocycles. The van der Waals surface area contributed by atoms with Gasteiger partial charge < -0.3 is 5.32 Å². The molecule has 1 heterocycles. The molecule has 0 bridgehead atoms. The molecule has 2 N–H and O–H groups in total. The zero-order valence-corrected chi connectivity index (χ0v) is 13.4.